The normalized spacial score (nSPS) is 24.8. The van der Waals surface area contributed by atoms with E-state index in [0.29, 0.717) is 25.6 Å². The first-order valence-corrected chi connectivity index (χ1v) is 6.86. The molecule has 0 radical (unpaired) electrons. The van der Waals surface area contributed by atoms with Gasteiger partial charge in [-0.15, -0.1) is 0 Å². The van der Waals surface area contributed by atoms with Crippen molar-refractivity contribution in [3.8, 4) is 0 Å². The highest BCUT2D eigenvalue weighted by atomic mass is 16.2. The number of rotatable bonds is 4. The van der Waals surface area contributed by atoms with E-state index in [0.717, 1.165) is 18.7 Å². The van der Waals surface area contributed by atoms with E-state index in [2.05, 4.69) is 22.1 Å². The minimum Gasteiger partial charge on any atom is -0.355 e. The van der Waals surface area contributed by atoms with E-state index in [1.54, 1.807) is 6.20 Å². The Labute approximate surface area is 114 Å². The summed E-state index contributed by atoms with van der Waals surface area (Å²) < 4.78 is 0. The van der Waals surface area contributed by atoms with E-state index < -0.39 is 0 Å². The molecule has 0 aliphatic carbocycles. The molecule has 3 N–H and O–H groups in total. The third-order valence-electron chi connectivity index (χ3n) is 3.64. The molecule has 1 aliphatic heterocycles. The number of hydrogen-bond acceptors (Lipinski definition) is 4. The average Bonchev–Trinajstić information content (AvgIpc) is 2.54. The second-order valence-electron chi connectivity index (χ2n) is 5.02. The Kier molecular flexibility index (Phi) is 4.87. The van der Waals surface area contributed by atoms with Gasteiger partial charge in [-0.2, -0.15) is 0 Å². The summed E-state index contributed by atoms with van der Waals surface area (Å²) >= 11 is 0. The molecule has 1 fully saturated rings. The zero-order valence-corrected chi connectivity index (χ0v) is 11.4. The summed E-state index contributed by atoms with van der Waals surface area (Å²) in [5.41, 5.74) is 6.64. The Balaban J connectivity index is 2.17. The predicted octanol–water partition coefficient (Wildman–Crippen LogP) is 0.509. The first kappa shape index (κ1) is 14.0. The SMILES string of the molecule is CC1CCNC(=O)C(CCN)N1Cc1ccccn1. The highest BCUT2D eigenvalue weighted by Crippen LogP contribution is 2.18. The number of carbonyl (C=O) groups excluding carboxylic acids is 1. The second-order valence-corrected chi connectivity index (χ2v) is 5.02. The van der Waals surface area contributed by atoms with Gasteiger partial charge in [0.05, 0.1) is 11.7 Å². The fourth-order valence-electron chi connectivity index (χ4n) is 2.55. The Bertz CT molecular complexity index is 409. The molecule has 5 nitrogen and oxygen atoms in total. The number of nitrogens with one attached hydrogen (secondary N) is 1. The molecule has 2 unspecified atom stereocenters. The summed E-state index contributed by atoms with van der Waals surface area (Å²) in [7, 11) is 0. The van der Waals surface area contributed by atoms with Crippen LogP contribution in [-0.4, -0.2) is 41.0 Å². The maximum Gasteiger partial charge on any atom is 0.237 e. The summed E-state index contributed by atoms with van der Waals surface area (Å²) in [6.45, 7) is 4.11. The van der Waals surface area contributed by atoms with Gasteiger partial charge < -0.3 is 11.1 Å². The molecule has 5 heteroatoms. The predicted molar refractivity (Wildman–Crippen MR) is 74.3 cm³/mol. The standard InChI is InChI=1S/C14H22N4O/c1-11-6-9-17-14(19)13(5-7-15)18(11)10-12-4-2-3-8-16-12/h2-4,8,11,13H,5-7,9-10,15H2,1H3,(H,17,19). The van der Waals surface area contributed by atoms with E-state index in [1.807, 2.05) is 18.2 Å². The van der Waals surface area contributed by atoms with E-state index in [9.17, 15) is 4.79 Å². The van der Waals surface area contributed by atoms with Crippen molar-refractivity contribution in [2.24, 2.45) is 5.73 Å². The van der Waals surface area contributed by atoms with Crippen molar-refractivity contribution in [2.75, 3.05) is 13.1 Å². The molecule has 2 rings (SSSR count). The minimum atomic E-state index is -0.149. The molecule has 0 bridgehead atoms. The highest BCUT2D eigenvalue weighted by molar-refractivity contribution is 5.82. The molecule has 19 heavy (non-hydrogen) atoms. The van der Waals surface area contributed by atoms with E-state index in [-0.39, 0.29) is 11.9 Å². The molecular formula is C14H22N4O. The number of amides is 1. The van der Waals surface area contributed by atoms with Crippen LogP contribution in [0.15, 0.2) is 24.4 Å². The molecule has 2 heterocycles. The third-order valence-corrected chi connectivity index (χ3v) is 3.64. The Morgan fingerprint density at radius 1 is 1.53 bits per heavy atom. The lowest BCUT2D eigenvalue weighted by molar-refractivity contribution is -0.126. The van der Waals surface area contributed by atoms with Crippen LogP contribution in [0.5, 0.6) is 0 Å². The summed E-state index contributed by atoms with van der Waals surface area (Å²) in [6, 6.07) is 6.07. The van der Waals surface area contributed by atoms with Gasteiger partial charge in [-0.05, 0) is 38.4 Å². The van der Waals surface area contributed by atoms with Gasteiger partial charge in [0.1, 0.15) is 0 Å². The van der Waals surface area contributed by atoms with Crippen molar-refractivity contribution in [1.82, 2.24) is 15.2 Å². The molecule has 1 saturated heterocycles. The van der Waals surface area contributed by atoms with Crippen LogP contribution in [0.25, 0.3) is 0 Å². The van der Waals surface area contributed by atoms with Gasteiger partial charge in [-0.3, -0.25) is 14.7 Å². The third kappa shape index (κ3) is 3.52. The van der Waals surface area contributed by atoms with Crippen LogP contribution in [0.4, 0.5) is 0 Å². The van der Waals surface area contributed by atoms with Crippen LogP contribution in [0.1, 0.15) is 25.5 Å². The zero-order chi connectivity index (χ0) is 13.7. The molecule has 1 aliphatic rings. The van der Waals surface area contributed by atoms with Gasteiger partial charge in [0.25, 0.3) is 0 Å². The van der Waals surface area contributed by atoms with Crippen LogP contribution in [0, 0.1) is 0 Å². The van der Waals surface area contributed by atoms with Crippen molar-refractivity contribution >= 4 is 5.91 Å². The van der Waals surface area contributed by atoms with Gasteiger partial charge in [0.2, 0.25) is 5.91 Å². The van der Waals surface area contributed by atoms with E-state index >= 15 is 0 Å². The van der Waals surface area contributed by atoms with Crippen molar-refractivity contribution in [1.29, 1.82) is 0 Å². The molecule has 0 aromatic carbocycles. The largest absolute Gasteiger partial charge is 0.355 e. The second kappa shape index (κ2) is 6.63. The lowest BCUT2D eigenvalue weighted by Gasteiger charge is -2.32. The number of pyridine rings is 1. The summed E-state index contributed by atoms with van der Waals surface area (Å²) in [6.07, 6.45) is 3.43. The molecule has 2 atom stereocenters. The van der Waals surface area contributed by atoms with Crippen LogP contribution >= 0.6 is 0 Å². The number of aromatic nitrogens is 1. The number of hydrogen-bond donors (Lipinski definition) is 2. The number of carbonyl (C=O) groups is 1. The maximum atomic E-state index is 12.1. The topological polar surface area (TPSA) is 71.2 Å². The fraction of sp³-hybridized carbons (Fsp3) is 0.571. The monoisotopic (exact) mass is 262 g/mol. The van der Waals surface area contributed by atoms with Crippen LogP contribution in [0.3, 0.4) is 0 Å². The van der Waals surface area contributed by atoms with Crippen LogP contribution in [0.2, 0.25) is 0 Å². The van der Waals surface area contributed by atoms with Crippen molar-refractivity contribution in [2.45, 2.75) is 38.4 Å². The quantitative estimate of drug-likeness (QED) is 0.829. The fourth-order valence-corrected chi connectivity index (χ4v) is 2.55. The van der Waals surface area contributed by atoms with Crippen LogP contribution in [-0.2, 0) is 11.3 Å². The smallest absolute Gasteiger partial charge is 0.237 e. The van der Waals surface area contributed by atoms with Gasteiger partial charge >= 0.3 is 0 Å². The van der Waals surface area contributed by atoms with Gasteiger partial charge in [0, 0.05) is 25.3 Å². The molecule has 1 aromatic heterocycles. The molecule has 0 saturated carbocycles. The van der Waals surface area contributed by atoms with E-state index in [4.69, 9.17) is 5.73 Å². The first-order chi connectivity index (χ1) is 9.22. The molecule has 1 amide bonds. The number of nitrogens with two attached hydrogens (primary N) is 1. The Morgan fingerprint density at radius 2 is 2.37 bits per heavy atom. The summed E-state index contributed by atoms with van der Waals surface area (Å²) in [5.74, 6) is 0.0886. The van der Waals surface area contributed by atoms with Gasteiger partial charge in [-0.1, -0.05) is 6.07 Å². The minimum absolute atomic E-state index is 0.0886. The Hall–Kier alpha value is -1.46. The van der Waals surface area contributed by atoms with Gasteiger partial charge in [0.15, 0.2) is 0 Å². The first-order valence-electron chi connectivity index (χ1n) is 6.86. The summed E-state index contributed by atoms with van der Waals surface area (Å²) in [4.78, 5) is 18.7. The maximum absolute atomic E-state index is 12.1. The van der Waals surface area contributed by atoms with Gasteiger partial charge in [-0.25, -0.2) is 0 Å². The van der Waals surface area contributed by atoms with Crippen molar-refractivity contribution in [3.63, 3.8) is 0 Å². The highest BCUT2D eigenvalue weighted by Gasteiger charge is 2.31. The van der Waals surface area contributed by atoms with Crippen LogP contribution < -0.4 is 11.1 Å². The molecular weight excluding hydrogens is 240 g/mol. The number of nitrogens with zero attached hydrogens (tertiary/aromatic N) is 2. The van der Waals surface area contributed by atoms with E-state index in [1.165, 1.54) is 0 Å². The molecule has 0 spiro atoms. The molecule has 104 valence electrons. The lowest BCUT2D eigenvalue weighted by Crippen LogP contribution is -2.47. The average molecular weight is 262 g/mol. The lowest BCUT2D eigenvalue weighted by atomic mass is 10.1. The van der Waals surface area contributed by atoms with Crippen molar-refractivity contribution < 1.29 is 4.79 Å². The van der Waals surface area contributed by atoms with Crippen molar-refractivity contribution in [3.05, 3.63) is 30.1 Å². The molecule has 1 aromatic rings. The zero-order valence-electron chi connectivity index (χ0n) is 11.4. The summed E-state index contributed by atoms with van der Waals surface area (Å²) in [5, 5.41) is 2.97. The Morgan fingerprint density at radius 3 is 3.05 bits per heavy atom.